The van der Waals surface area contributed by atoms with Crippen molar-refractivity contribution in [2.45, 2.75) is 58.3 Å². The first-order valence-corrected chi connectivity index (χ1v) is 10.2. The summed E-state index contributed by atoms with van der Waals surface area (Å²) in [5, 5.41) is 8.22. The van der Waals surface area contributed by atoms with E-state index in [9.17, 15) is 4.79 Å². The number of nitrogens with zero attached hydrogens (tertiary/aromatic N) is 4. The Kier molecular flexibility index (Phi) is 5.31. The van der Waals surface area contributed by atoms with E-state index >= 15 is 0 Å². The summed E-state index contributed by atoms with van der Waals surface area (Å²) >= 11 is 5.99. The fraction of sp³-hybridized carbons (Fsp3) is 0.429. The molecular weight excluding hydrogens is 374 g/mol. The summed E-state index contributed by atoms with van der Waals surface area (Å²) in [5.41, 5.74) is 3.29. The zero-order chi connectivity index (χ0) is 19.7. The van der Waals surface area contributed by atoms with Crippen LogP contribution < -0.4 is 5.32 Å². The fourth-order valence-corrected chi connectivity index (χ4v) is 4.14. The van der Waals surface area contributed by atoms with Crippen LogP contribution in [0.25, 0.3) is 5.78 Å². The van der Waals surface area contributed by atoms with Crippen LogP contribution in [0, 0.1) is 13.8 Å². The van der Waals surface area contributed by atoms with Crippen LogP contribution in [-0.4, -0.2) is 25.5 Å². The molecule has 1 N–H and O–H groups in total. The molecule has 1 aromatic carbocycles. The lowest BCUT2D eigenvalue weighted by atomic mass is 9.89. The van der Waals surface area contributed by atoms with E-state index in [4.69, 9.17) is 16.7 Å². The van der Waals surface area contributed by atoms with E-state index in [2.05, 4.69) is 15.3 Å². The van der Waals surface area contributed by atoms with E-state index in [0.29, 0.717) is 22.4 Å². The molecule has 1 aliphatic carbocycles. The van der Waals surface area contributed by atoms with Gasteiger partial charge in [-0.3, -0.25) is 4.79 Å². The van der Waals surface area contributed by atoms with Gasteiger partial charge in [0, 0.05) is 33.6 Å². The number of carbonyl (C=O) groups excluding carboxylic acids is 1. The Morgan fingerprint density at radius 1 is 1.21 bits per heavy atom. The largest absolute Gasteiger partial charge is 0.326 e. The van der Waals surface area contributed by atoms with Crippen LogP contribution in [0.3, 0.4) is 0 Å². The van der Waals surface area contributed by atoms with E-state index in [1.54, 1.807) is 16.6 Å². The van der Waals surface area contributed by atoms with E-state index in [-0.39, 0.29) is 12.3 Å². The molecule has 1 amide bonds. The van der Waals surface area contributed by atoms with Crippen molar-refractivity contribution in [2.24, 2.45) is 0 Å². The molecule has 0 spiro atoms. The highest BCUT2D eigenvalue weighted by atomic mass is 35.5. The van der Waals surface area contributed by atoms with Crippen molar-refractivity contribution in [3.05, 3.63) is 52.1 Å². The van der Waals surface area contributed by atoms with Gasteiger partial charge in [-0.05, 0) is 44.9 Å². The third-order valence-corrected chi connectivity index (χ3v) is 5.72. The molecule has 2 aromatic heterocycles. The number of benzene rings is 1. The van der Waals surface area contributed by atoms with E-state index in [1.807, 2.05) is 26.0 Å². The van der Waals surface area contributed by atoms with Gasteiger partial charge in [-0.2, -0.15) is 4.98 Å². The Balaban J connectivity index is 1.59. The molecule has 7 heteroatoms. The van der Waals surface area contributed by atoms with Crippen LogP contribution in [0.2, 0.25) is 5.02 Å². The molecule has 1 aliphatic rings. The summed E-state index contributed by atoms with van der Waals surface area (Å²) in [6.07, 6.45) is 6.28. The van der Waals surface area contributed by atoms with Gasteiger partial charge in [0.05, 0.1) is 6.42 Å². The van der Waals surface area contributed by atoms with Crippen molar-refractivity contribution in [1.82, 2.24) is 19.6 Å². The molecule has 0 unspecified atom stereocenters. The number of halogens is 1. The Hall–Kier alpha value is -2.47. The topological polar surface area (TPSA) is 72.2 Å². The molecule has 1 saturated carbocycles. The summed E-state index contributed by atoms with van der Waals surface area (Å²) in [6.45, 7) is 3.90. The highest BCUT2D eigenvalue weighted by molar-refractivity contribution is 6.30. The number of fused-ring (bicyclic) bond motifs is 1. The molecule has 0 atom stereocenters. The molecule has 4 rings (SSSR count). The van der Waals surface area contributed by atoms with Gasteiger partial charge >= 0.3 is 0 Å². The standard InChI is InChI=1S/C21H24ClN5O/c1-13-18(12-19(28)24-17-10-6-9-16(22)11-17)14(2)27-21(23-13)25-20(26-27)15-7-4-3-5-8-15/h6,9-11,15H,3-5,7-8,12H2,1-2H3,(H,24,28). The second-order valence-corrected chi connectivity index (χ2v) is 7.95. The minimum atomic E-state index is -0.109. The Bertz CT molecular complexity index is 1020. The van der Waals surface area contributed by atoms with Gasteiger partial charge in [0.25, 0.3) is 5.78 Å². The van der Waals surface area contributed by atoms with Crippen molar-refractivity contribution in [3.8, 4) is 0 Å². The van der Waals surface area contributed by atoms with Crippen molar-refractivity contribution in [2.75, 3.05) is 5.32 Å². The number of rotatable bonds is 4. The molecule has 0 saturated heterocycles. The molecule has 1 fully saturated rings. The first-order chi connectivity index (χ1) is 13.5. The van der Waals surface area contributed by atoms with Crippen LogP contribution in [0.5, 0.6) is 0 Å². The van der Waals surface area contributed by atoms with Crippen LogP contribution in [0.1, 0.15) is 60.8 Å². The van der Waals surface area contributed by atoms with Gasteiger partial charge in [-0.15, -0.1) is 5.10 Å². The zero-order valence-electron chi connectivity index (χ0n) is 16.2. The highest BCUT2D eigenvalue weighted by Gasteiger charge is 2.22. The minimum Gasteiger partial charge on any atom is -0.326 e. The van der Waals surface area contributed by atoms with Crippen LogP contribution in [0.15, 0.2) is 24.3 Å². The fourth-order valence-electron chi connectivity index (χ4n) is 3.95. The zero-order valence-corrected chi connectivity index (χ0v) is 17.0. The number of aromatic nitrogens is 4. The van der Waals surface area contributed by atoms with Crippen LogP contribution >= 0.6 is 11.6 Å². The van der Waals surface area contributed by atoms with E-state index in [1.165, 1.54) is 19.3 Å². The smallest absolute Gasteiger partial charge is 0.252 e. The molecule has 0 bridgehead atoms. The van der Waals surface area contributed by atoms with Crippen LogP contribution in [0.4, 0.5) is 5.69 Å². The third-order valence-electron chi connectivity index (χ3n) is 5.48. The highest BCUT2D eigenvalue weighted by Crippen LogP contribution is 2.31. The Labute approximate surface area is 169 Å². The van der Waals surface area contributed by atoms with Crippen molar-refractivity contribution in [1.29, 1.82) is 0 Å². The molecular formula is C21H24ClN5O. The predicted octanol–water partition coefficient (Wildman–Crippen LogP) is 4.62. The average Bonchev–Trinajstić information content (AvgIpc) is 3.10. The molecule has 0 radical (unpaired) electrons. The predicted molar refractivity (Wildman–Crippen MR) is 110 cm³/mol. The quantitative estimate of drug-likeness (QED) is 0.697. The van der Waals surface area contributed by atoms with Gasteiger partial charge in [-0.25, -0.2) is 9.50 Å². The maximum absolute atomic E-state index is 12.6. The SMILES string of the molecule is Cc1nc2nc(C3CCCCC3)nn2c(C)c1CC(=O)Nc1cccc(Cl)c1. The molecule has 6 nitrogen and oxygen atoms in total. The van der Waals surface area contributed by atoms with Gasteiger partial charge in [0.2, 0.25) is 5.91 Å². The maximum Gasteiger partial charge on any atom is 0.252 e. The average molecular weight is 398 g/mol. The van der Waals surface area contributed by atoms with Crippen LogP contribution in [-0.2, 0) is 11.2 Å². The number of anilines is 1. The lowest BCUT2D eigenvalue weighted by Crippen LogP contribution is -2.17. The number of carbonyl (C=O) groups is 1. The summed E-state index contributed by atoms with van der Waals surface area (Å²) < 4.78 is 1.79. The normalized spacial score (nSPS) is 15.1. The molecule has 0 aliphatic heterocycles. The lowest BCUT2D eigenvalue weighted by Gasteiger charge is -2.17. The number of hydrogen-bond acceptors (Lipinski definition) is 4. The van der Waals surface area contributed by atoms with Gasteiger partial charge in [-0.1, -0.05) is 36.9 Å². The lowest BCUT2D eigenvalue weighted by molar-refractivity contribution is -0.115. The summed E-state index contributed by atoms with van der Waals surface area (Å²) in [6, 6.07) is 7.13. The van der Waals surface area contributed by atoms with E-state index < -0.39 is 0 Å². The van der Waals surface area contributed by atoms with Crippen molar-refractivity contribution in [3.63, 3.8) is 0 Å². The van der Waals surface area contributed by atoms with Gasteiger partial charge in [0.15, 0.2) is 5.82 Å². The second-order valence-electron chi connectivity index (χ2n) is 7.51. The molecule has 28 heavy (non-hydrogen) atoms. The van der Waals surface area contributed by atoms with E-state index in [0.717, 1.165) is 35.6 Å². The first-order valence-electron chi connectivity index (χ1n) is 9.79. The third kappa shape index (κ3) is 3.87. The molecule has 146 valence electrons. The van der Waals surface area contributed by atoms with Crippen molar-refractivity contribution >= 4 is 29.0 Å². The number of nitrogens with one attached hydrogen (secondary N) is 1. The van der Waals surface area contributed by atoms with Crippen molar-refractivity contribution < 1.29 is 4.79 Å². The second kappa shape index (κ2) is 7.87. The first kappa shape index (κ1) is 18.9. The minimum absolute atomic E-state index is 0.109. The maximum atomic E-state index is 12.6. The summed E-state index contributed by atoms with van der Waals surface area (Å²) in [4.78, 5) is 21.9. The number of hydrogen-bond donors (Lipinski definition) is 1. The van der Waals surface area contributed by atoms with Gasteiger partial charge in [0.1, 0.15) is 0 Å². The Morgan fingerprint density at radius 3 is 2.75 bits per heavy atom. The van der Waals surface area contributed by atoms with Gasteiger partial charge < -0.3 is 5.32 Å². The monoisotopic (exact) mass is 397 g/mol. The molecule has 2 heterocycles. The Morgan fingerprint density at radius 2 is 2.00 bits per heavy atom. The summed E-state index contributed by atoms with van der Waals surface area (Å²) in [5.74, 6) is 1.82. The number of aryl methyl sites for hydroxylation is 2. The molecule has 3 aromatic rings. The number of amides is 1. The summed E-state index contributed by atoms with van der Waals surface area (Å²) in [7, 11) is 0.